The Balaban J connectivity index is 2.60. The van der Waals surface area contributed by atoms with Gasteiger partial charge in [0.25, 0.3) is 0 Å². The summed E-state index contributed by atoms with van der Waals surface area (Å²) in [6.07, 6.45) is 2.15. The molecule has 0 amide bonds. The average Bonchev–Trinajstić information content (AvgIpc) is 2.21. The molecule has 0 aliphatic carbocycles. The van der Waals surface area contributed by atoms with Gasteiger partial charge >= 0.3 is 0 Å². The van der Waals surface area contributed by atoms with Crippen LogP contribution in [0, 0.1) is 11.8 Å². The molecule has 0 aromatic carbocycles. The van der Waals surface area contributed by atoms with Gasteiger partial charge in [-0.1, -0.05) is 46.8 Å². The Kier molecular flexibility index (Phi) is 5.68. The molecule has 0 N–H and O–H groups in total. The van der Waals surface area contributed by atoms with Gasteiger partial charge in [-0.25, -0.2) is 4.98 Å². The summed E-state index contributed by atoms with van der Waals surface area (Å²) in [7, 11) is 0. The van der Waals surface area contributed by atoms with E-state index in [1.165, 1.54) is 24.9 Å². The van der Waals surface area contributed by atoms with Crippen LogP contribution in [0.5, 0.6) is 0 Å². The maximum absolute atomic E-state index is 10.6. The van der Waals surface area contributed by atoms with Gasteiger partial charge < -0.3 is 0 Å². The quantitative estimate of drug-likeness (QED) is 0.470. The van der Waals surface area contributed by atoms with E-state index in [1.807, 2.05) is 0 Å². The molecule has 2 nitrogen and oxygen atoms in total. The van der Waals surface area contributed by atoms with E-state index < -0.39 is 0 Å². The Morgan fingerprint density at radius 2 is 2.31 bits per heavy atom. The lowest BCUT2D eigenvalue weighted by Crippen LogP contribution is -1.85. The molecule has 0 fully saturated rings. The number of thioether (sulfide) groups is 1. The molecule has 0 spiro atoms. The lowest BCUT2D eigenvalue weighted by Gasteiger charge is -1.96. The minimum atomic E-state index is 0.0965. The number of carbonyl (C=O) groups is 1. The Morgan fingerprint density at radius 1 is 1.56 bits per heavy atom. The van der Waals surface area contributed by atoms with Crippen LogP contribution in [0.4, 0.5) is 0 Å². The summed E-state index contributed by atoms with van der Waals surface area (Å²) in [5.41, 5.74) is 0.540. The Morgan fingerprint density at radius 3 is 2.94 bits per heavy atom. The van der Waals surface area contributed by atoms with E-state index in [4.69, 9.17) is 23.2 Å². The van der Waals surface area contributed by atoms with E-state index in [2.05, 4.69) is 16.8 Å². The van der Waals surface area contributed by atoms with Crippen LogP contribution in [-0.4, -0.2) is 15.9 Å². The van der Waals surface area contributed by atoms with Crippen LogP contribution < -0.4 is 0 Å². The van der Waals surface area contributed by atoms with Crippen molar-refractivity contribution in [2.24, 2.45) is 0 Å². The van der Waals surface area contributed by atoms with Gasteiger partial charge in [0.15, 0.2) is 5.12 Å². The molecule has 0 saturated heterocycles. The summed E-state index contributed by atoms with van der Waals surface area (Å²) in [5, 5.41) is 0.894. The van der Waals surface area contributed by atoms with Crippen molar-refractivity contribution in [3.63, 3.8) is 0 Å². The topological polar surface area (TPSA) is 30.0 Å². The molecule has 1 aromatic rings. The van der Waals surface area contributed by atoms with Crippen LogP contribution in [0.3, 0.4) is 0 Å². The summed E-state index contributed by atoms with van der Waals surface area (Å²) in [6.45, 7) is 1.53. The number of nitrogens with zero attached hydrogens (tertiary/aromatic N) is 1. The summed E-state index contributed by atoms with van der Waals surface area (Å²) < 4.78 is 0. The molecule has 1 heterocycles. The molecular formula is C11H9Cl2NOS. The highest BCUT2D eigenvalue weighted by atomic mass is 35.5. The maximum Gasteiger partial charge on any atom is 0.185 e. The maximum atomic E-state index is 10.6. The fourth-order valence-corrected chi connectivity index (χ4v) is 1.86. The molecule has 16 heavy (non-hydrogen) atoms. The lowest BCUT2D eigenvalue weighted by atomic mass is 10.3. The number of halogens is 2. The molecule has 0 aliphatic rings. The van der Waals surface area contributed by atoms with E-state index in [-0.39, 0.29) is 5.12 Å². The fourth-order valence-electron chi connectivity index (χ4n) is 0.923. The van der Waals surface area contributed by atoms with Crippen LogP contribution in [0.15, 0.2) is 12.3 Å². The van der Waals surface area contributed by atoms with Crippen LogP contribution in [0.2, 0.25) is 10.2 Å². The smallest absolute Gasteiger partial charge is 0.185 e. The van der Waals surface area contributed by atoms with Crippen molar-refractivity contribution in [2.75, 3.05) is 5.75 Å². The first-order valence-corrected chi connectivity index (χ1v) is 6.27. The first-order valence-electron chi connectivity index (χ1n) is 4.53. The third-order valence-corrected chi connectivity index (χ3v) is 3.02. The minimum Gasteiger partial charge on any atom is -0.288 e. The average molecular weight is 274 g/mol. The molecule has 0 bridgehead atoms. The largest absolute Gasteiger partial charge is 0.288 e. The number of hydrogen-bond donors (Lipinski definition) is 0. The van der Waals surface area contributed by atoms with Crippen LogP contribution in [0.25, 0.3) is 0 Å². The van der Waals surface area contributed by atoms with E-state index in [0.29, 0.717) is 27.9 Å². The predicted molar refractivity (Wildman–Crippen MR) is 68.9 cm³/mol. The van der Waals surface area contributed by atoms with Crippen molar-refractivity contribution >= 4 is 40.1 Å². The molecule has 84 valence electrons. The lowest BCUT2D eigenvalue weighted by molar-refractivity contribution is -0.109. The molecular weight excluding hydrogens is 265 g/mol. The van der Waals surface area contributed by atoms with Crippen LogP contribution in [-0.2, 0) is 4.79 Å². The standard InChI is InChI=1S/C11H9Cl2NOS/c1-8(15)16-7-3-2-4-9-10(12)5-6-14-11(9)13/h5-6H,3,7H2,1H3. The van der Waals surface area contributed by atoms with Gasteiger partial charge in [-0.2, -0.15) is 0 Å². The number of hydrogen-bond acceptors (Lipinski definition) is 3. The monoisotopic (exact) mass is 273 g/mol. The number of pyridine rings is 1. The van der Waals surface area contributed by atoms with Gasteiger partial charge in [-0.3, -0.25) is 4.79 Å². The Bertz CT molecular complexity index is 431. The Labute approximate surface area is 109 Å². The first-order chi connectivity index (χ1) is 7.61. The summed E-state index contributed by atoms with van der Waals surface area (Å²) in [6, 6.07) is 1.64. The fraction of sp³-hybridized carbons (Fsp3) is 0.273. The minimum absolute atomic E-state index is 0.0965. The molecule has 1 rings (SSSR count). The van der Waals surface area contributed by atoms with Gasteiger partial charge in [-0.05, 0) is 6.07 Å². The molecule has 0 saturated carbocycles. The summed E-state index contributed by atoms with van der Waals surface area (Å²) >= 11 is 13.0. The third kappa shape index (κ3) is 4.44. The molecule has 0 atom stereocenters. The van der Waals surface area contributed by atoms with Crippen molar-refractivity contribution < 1.29 is 4.79 Å². The van der Waals surface area contributed by atoms with Crippen molar-refractivity contribution in [2.45, 2.75) is 13.3 Å². The normalized spacial score (nSPS) is 9.44. The molecule has 0 aliphatic heterocycles. The van der Waals surface area contributed by atoms with Crippen molar-refractivity contribution in [3.05, 3.63) is 28.0 Å². The zero-order chi connectivity index (χ0) is 12.0. The number of carbonyl (C=O) groups excluding carboxylic acids is 1. The van der Waals surface area contributed by atoms with Gasteiger partial charge in [0.2, 0.25) is 0 Å². The van der Waals surface area contributed by atoms with Gasteiger partial charge in [0.05, 0.1) is 10.6 Å². The highest BCUT2D eigenvalue weighted by Gasteiger charge is 2.02. The number of rotatable bonds is 2. The highest BCUT2D eigenvalue weighted by Crippen LogP contribution is 2.20. The van der Waals surface area contributed by atoms with Crippen molar-refractivity contribution in [3.8, 4) is 11.8 Å². The highest BCUT2D eigenvalue weighted by molar-refractivity contribution is 8.13. The second-order valence-electron chi connectivity index (χ2n) is 2.85. The summed E-state index contributed by atoms with van der Waals surface area (Å²) in [4.78, 5) is 14.5. The first kappa shape index (κ1) is 13.4. The molecule has 0 unspecified atom stereocenters. The predicted octanol–water partition coefficient (Wildman–Crippen LogP) is 3.41. The second kappa shape index (κ2) is 6.80. The van der Waals surface area contributed by atoms with Crippen molar-refractivity contribution in [1.29, 1.82) is 0 Å². The van der Waals surface area contributed by atoms with Crippen LogP contribution >= 0.6 is 35.0 Å². The SMILES string of the molecule is CC(=O)SCCC#Cc1c(Cl)ccnc1Cl. The van der Waals surface area contributed by atoms with Gasteiger partial charge in [-0.15, -0.1) is 0 Å². The Hall–Kier alpha value is -0.690. The van der Waals surface area contributed by atoms with E-state index in [9.17, 15) is 4.79 Å². The van der Waals surface area contributed by atoms with Gasteiger partial charge in [0.1, 0.15) is 5.15 Å². The van der Waals surface area contributed by atoms with E-state index in [1.54, 1.807) is 6.07 Å². The second-order valence-corrected chi connectivity index (χ2v) is 4.89. The van der Waals surface area contributed by atoms with E-state index in [0.717, 1.165) is 0 Å². The van der Waals surface area contributed by atoms with E-state index >= 15 is 0 Å². The molecule has 5 heteroatoms. The van der Waals surface area contributed by atoms with Crippen molar-refractivity contribution in [1.82, 2.24) is 4.98 Å². The van der Waals surface area contributed by atoms with Gasteiger partial charge in [0, 0.05) is 25.3 Å². The zero-order valence-corrected chi connectivity index (χ0v) is 10.9. The molecule has 0 radical (unpaired) electrons. The number of aromatic nitrogens is 1. The van der Waals surface area contributed by atoms with Crippen LogP contribution in [0.1, 0.15) is 18.9 Å². The zero-order valence-electron chi connectivity index (χ0n) is 8.59. The third-order valence-electron chi connectivity index (χ3n) is 1.60. The summed E-state index contributed by atoms with van der Waals surface area (Å²) in [5.74, 6) is 6.44. The molecule has 1 aromatic heterocycles.